The Labute approximate surface area is 183 Å². The molecule has 0 saturated heterocycles. The molecule has 0 heterocycles. The van der Waals surface area contributed by atoms with Crippen LogP contribution < -0.4 is 15.0 Å². The average Bonchev–Trinajstić information content (AvgIpc) is 2.77. The maximum atomic E-state index is 13.1. The van der Waals surface area contributed by atoms with Gasteiger partial charge in [-0.05, 0) is 69.2 Å². The van der Waals surface area contributed by atoms with E-state index in [0.717, 1.165) is 22.6 Å². The third-order valence-corrected chi connectivity index (χ3v) is 5.08. The molecule has 0 spiro atoms. The first-order valence-corrected chi connectivity index (χ1v) is 10.4. The maximum Gasteiger partial charge on any atom is 0.265 e. The molecular formula is C26H28N2O3. The average molecular weight is 417 g/mol. The lowest BCUT2D eigenvalue weighted by molar-refractivity contribution is -0.122. The van der Waals surface area contributed by atoms with Gasteiger partial charge in [0.15, 0.2) is 6.10 Å². The molecule has 3 rings (SSSR count). The van der Waals surface area contributed by atoms with Gasteiger partial charge >= 0.3 is 0 Å². The highest BCUT2D eigenvalue weighted by Crippen LogP contribution is 2.24. The van der Waals surface area contributed by atoms with E-state index in [1.165, 1.54) is 0 Å². The molecule has 1 unspecified atom stereocenters. The molecule has 0 aliphatic heterocycles. The zero-order chi connectivity index (χ0) is 22.4. The van der Waals surface area contributed by atoms with Crippen LogP contribution in [0.4, 0.5) is 11.4 Å². The third kappa shape index (κ3) is 5.31. The minimum atomic E-state index is -0.685. The Hall–Kier alpha value is -3.60. The Balaban J connectivity index is 1.72. The van der Waals surface area contributed by atoms with E-state index in [0.29, 0.717) is 17.8 Å². The predicted octanol–water partition coefficient (Wildman–Crippen LogP) is 5.38. The van der Waals surface area contributed by atoms with Crippen LogP contribution in [0.25, 0.3) is 0 Å². The Morgan fingerprint density at radius 2 is 1.58 bits per heavy atom. The van der Waals surface area contributed by atoms with Crippen LogP contribution in [-0.2, 0) is 4.79 Å². The Morgan fingerprint density at radius 1 is 0.935 bits per heavy atom. The molecule has 3 aromatic carbocycles. The second-order valence-electron chi connectivity index (χ2n) is 7.44. The van der Waals surface area contributed by atoms with Crippen molar-refractivity contribution in [2.75, 3.05) is 16.8 Å². The number of aryl methyl sites for hydroxylation is 2. The highest BCUT2D eigenvalue weighted by molar-refractivity contribution is 6.07. The molecule has 0 aliphatic carbocycles. The van der Waals surface area contributed by atoms with Gasteiger partial charge in [-0.1, -0.05) is 42.5 Å². The Morgan fingerprint density at radius 3 is 2.23 bits per heavy atom. The van der Waals surface area contributed by atoms with Gasteiger partial charge < -0.3 is 15.0 Å². The van der Waals surface area contributed by atoms with Crippen LogP contribution in [0.15, 0.2) is 72.8 Å². The Bertz CT molecular complexity index is 1040. The predicted molar refractivity (Wildman–Crippen MR) is 125 cm³/mol. The van der Waals surface area contributed by atoms with Gasteiger partial charge in [-0.3, -0.25) is 9.59 Å². The van der Waals surface area contributed by atoms with Crippen molar-refractivity contribution in [1.29, 1.82) is 0 Å². The van der Waals surface area contributed by atoms with E-state index >= 15 is 0 Å². The molecule has 0 fully saturated rings. The topological polar surface area (TPSA) is 58.6 Å². The van der Waals surface area contributed by atoms with Crippen molar-refractivity contribution >= 4 is 23.2 Å². The molecule has 5 heteroatoms. The fourth-order valence-electron chi connectivity index (χ4n) is 3.40. The number of para-hydroxylation sites is 2. The number of hydrogen-bond donors (Lipinski definition) is 1. The molecule has 0 radical (unpaired) electrons. The van der Waals surface area contributed by atoms with E-state index in [1.54, 1.807) is 36.1 Å². The molecule has 0 bridgehead atoms. The first kappa shape index (κ1) is 22.1. The van der Waals surface area contributed by atoms with Gasteiger partial charge in [0, 0.05) is 23.5 Å². The summed E-state index contributed by atoms with van der Waals surface area (Å²) in [6.07, 6.45) is -0.685. The number of carbonyl (C=O) groups excluding carboxylic acids is 2. The summed E-state index contributed by atoms with van der Waals surface area (Å²) >= 11 is 0. The number of rotatable bonds is 7. The van der Waals surface area contributed by atoms with Crippen molar-refractivity contribution in [1.82, 2.24) is 0 Å². The van der Waals surface area contributed by atoms with E-state index in [2.05, 4.69) is 5.32 Å². The highest BCUT2D eigenvalue weighted by Gasteiger charge is 2.19. The summed E-state index contributed by atoms with van der Waals surface area (Å²) in [5.74, 6) is 0.322. The molecule has 2 amide bonds. The molecular weight excluding hydrogens is 388 g/mol. The van der Waals surface area contributed by atoms with Gasteiger partial charge in [0.05, 0.1) is 0 Å². The summed E-state index contributed by atoms with van der Waals surface area (Å²) in [5, 5.41) is 2.86. The van der Waals surface area contributed by atoms with Crippen molar-refractivity contribution in [2.24, 2.45) is 0 Å². The third-order valence-electron chi connectivity index (χ3n) is 5.08. The van der Waals surface area contributed by atoms with E-state index in [4.69, 9.17) is 4.74 Å². The number of ether oxygens (including phenoxy) is 1. The fraction of sp³-hybridized carbons (Fsp3) is 0.231. The minimum absolute atomic E-state index is 0.121. The number of amides is 2. The molecule has 0 saturated carbocycles. The minimum Gasteiger partial charge on any atom is -0.480 e. The number of nitrogens with zero attached hydrogens (tertiary/aromatic N) is 1. The van der Waals surface area contributed by atoms with Crippen molar-refractivity contribution in [3.63, 3.8) is 0 Å². The van der Waals surface area contributed by atoms with E-state index in [1.807, 2.05) is 69.3 Å². The van der Waals surface area contributed by atoms with Crippen molar-refractivity contribution in [3.8, 4) is 5.75 Å². The normalized spacial score (nSPS) is 11.5. The van der Waals surface area contributed by atoms with Gasteiger partial charge in [-0.2, -0.15) is 0 Å². The maximum absolute atomic E-state index is 13.1. The van der Waals surface area contributed by atoms with Gasteiger partial charge in [0.1, 0.15) is 5.75 Å². The SMILES string of the molecule is CCN(C(=O)c1cccc(NC(=O)C(C)Oc2c(C)cccc2C)c1)c1ccccc1. The van der Waals surface area contributed by atoms with Crippen LogP contribution in [-0.4, -0.2) is 24.5 Å². The number of benzene rings is 3. The van der Waals surface area contributed by atoms with Gasteiger partial charge in [0.2, 0.25) is 0 Å². The highest BCUT2D eigenvalue weighted by atomic mass is 16.5. The lowest BCUT2D eigenvalue weighted by Gasteiger charge is -2.21. The van der Waals surface area contributed by atoms with Gasteiger partial charge in [0.25, 0.3) is 11.8 Å². The number of carbonyl (C=O) groups is 2. The first-order chi connectivity index (χ1) is 14.9. The number of anilines is 2. The monoisotopic (exact) mass is 416 g/mol. The van der Waals surface area contributed by atoms with Crippen LogP contribution in [0.2, 0.25) is 0 Å². The molecule has 31 heavy (non-hydrogen) atoms. The van der Waals surface area contributed by atoms with Crippen molar-refractivity contribution in [3.05, 3.63) is 89.5 Å². The Kier molecular flexibility index (Phi) is 7.08. The van der Waals surface area contributed by atoms with E-state index in [-0.39, 0.29) is 11.8 Å². The van der Waals surface area contributed by atoms with Crippen molar-refractivity contribution < 1.29 is 14.3 Å². The molecule has 3 aromatic rings. The van der Waals surface area contributed by atoms with Gasteiger partial charge in [-0.15, -0.1) is 0 Å². The zero-order valence-electron chi connectivity index (χ0n) is 18.4. The second-order valence-corrected chi connectivity index (χ2v) is 7.44. The summed E-state index contributed by atoms with van der Waals surface area (Å²) in [6, 6.07) is 22.4. The van der Waals surface area contributed by atoms with Gasteiger partial charge in [-0.25, -0.2) is 0 Å². The van der Waals surface area contributed by atoms with E-state index < -0.39 is 6.10 Å². The summed E-state index contributed by atoms with van der Waals surface area (Å²) in [6.45, 7) is 8.09. The zero-order valence-corrected chi connectivity index (χ0v) is 18.4. The van der Waals surface area contributed by atoms with Crippen LogP contribution >= 0.6 is 0 Å². The molecule has 0 aliphatic rings. The molecule has 160 valence electrons. The molecule has 0 aromatic heterocycles. The number of nitrogens with one attached hydrogen (secondary N) is 1. The lowest BCUT2D eigenvalue weighted by atomic mass is 10.1. The smallest absolute Gasteiger partial charge is 0.265 e. The molecule has 1 N–H and O–H groups in total. The lowest BCUT2D eigenvalue weighted by Crippen LogP contribution is -2.31. The largest absolute Gasteiger partial charge is 0.480 e. The van der Waals surface area contributed by atoms with Crippen LogP contribution in [0.1, 0.15) is 35.3 Å². The summed E-state index contributed by atoms with van der Waals surface area (Å²) in [7, 11) is 0. The van der Waals surface area contributed by atoms with E-state index in [9.17, 15) is 9.59 Å². The van der Waals surface area contributed by atoms with Crippen molar-refractivity contribution in [2.45, 2.75) is 33.8 Å². The van der Waals surface area contributed by atoms with Crippen LogP contribution in [0.3, 0.4) is 0 Å². The standard InChI is InChI=1S/C26H28N2O3/c1-5-28(23-15-7-6-8-16-23)26(30)21-13-10-14-22(17-21)27-25(29)20(4)31-24-18(2)11-9-12-19(24)3/h6-17,20H,5H2,1-4H3,(H,27,29). The fourth-order valence-corrected chi connectivity index (χ4v) is 3.40. The van der Waals surface area contributed by atoms with Crippen LogP contribution in [0, 0.1) is 13.8 Å². The summed E-state index contributed by atoms with van der Waals surface area (Å²) < 4.78 is 5.91. The molecule has 1 atom stereocenters. The molecule has 5 nitrogen and oxygen atoms in total. The first-order valence-electron chi connectivity index (χ1n) is 10.4. The van der Waals surface area contributed by atoms with Crippen LogP contribution in [0.5, 0.6) is 5.75 Å². The second kappa shape index (κ2) is 9.94. The quantitative estimate of drug-likeness (QED) is 0.563. The summed E-state index contributed by atoms with van der Waals surface area (Å²) in [5.41, 5.74) is 3.85. The number of hydrogen-bond acceptors (Lipinski definition) is 3. The summed E-state index contributed by atoms with van der Waals surface area (Å²) in [4.78, 5) is 27.5.